The summed E-state index contributed by atoms with van der Waals surface area (Å²) in [4.78, 5) is 19.9. The Morgan fingerprint density at radius 2 is 1.91 bits per heavy atom. The molecular weight excluding hydrogens is 304 g/mol. The summed E-state index contributed by atoms with van der Waals surface area (Å²) in [5.41, 5.74) is 1.74. The van der Waals surface area contributed by atoms with E-state index in [-0.39, 0.29) is 5.69 Å². The lowest BCUT2D eigenvalue weighted by Gasteiger charge is -2.07. The molecule has 3 aromatic rings. The van der Waals surface area contributed by atoms with E-state index in [1.54, 1.807) is 48.4 Å². The molecule has 1 N–H and O–H groups in total. The molecule has 0 spiro atoms. The van der Waals surface area contributed by atoms with Crippen molar-refractivity contribution < 1.29 is 9.90 Å². The van der Waals surface area contributed by atoms with E-state index in [2.05, 4.69) is 15.1 Å². The summed E-state index contributed by atoms with van der Waals surface area (Å²) in [6, 6.07) is 6.85. The van der Waals surface area contributed by atoms with Gasteiger partial charge in [0.1, 0.15) is 0 Å². The lowest BCUT2D eigenvalue weighted by molar-refractivity contribution is 0.0691. The van der Waals surface area contributed by atoms with Gasteiger partial charge in [-0.3, -0.25) is 4.68 Å². The minimum atomic E-state index is -1.11. The van der Waals surface area contributed by atoms with Crippen molar-refractivity contribution in [2.45, 2.75) is 0 Å². The predicted molar refractivity (Wildman–Crippen MR) is 81.6 cm³/mol. The predicted octanol–water partition coefficient (Wildman–Crippen LogP) is 2.90. The standard InChI is InChI=1S/C15H11ClN4O2/c1-20-8-10(6-18-20)14-17-7-12(13(19-14)15(21)22)9-2-4-11(16)5-3-9/h2-8H,1H3,(H,21,22). The maximum absolute atomic E-state index is 11.5. The number of carboxylic acids is 1. The molecule has 0 saturated heterocycles. The van der Waals surface area contributed by atoms with Crippen molar-refractivity contribution in [3.05, 3.63) is 53.6 Å². The number of carboxylic acid groups (broad SMARTS) is 1. The number of aryl methyl sites for hydroxylation is 1. The molecule has 3 rings (SSSR count). The van der Waals surface area contributed by atoms with Crippen molar-refractivity contribution in [2.75, 3.05) is 0 Å². The molecule has 22 heavy (non-hydrogen) atoms. The zero-order valence-corrected chi connectivity index (χ0v) is 12.3. The summed E-state index contributed by atoms with van der Waals surface area (Å²) in [6.45, 7) is 0. The smallest absolute Gasteiger partial charge is 0.355 e. The first-order valence-electron chi connectivity index (χ1n) is 6.40. The highest BCUT2D eigenvalue weighted by Crippen LogP contribution is 2.25. The Bertz CT molecular complexity index is 843. The van der Waals surface area contributed by atoms with Crippen molar-refractivity contribution in [3.63, 3.8) is 0 Å². The molecule has 0 aliphatic rings. The number of aromatic nitrogens is 4. The zero-order chi connectivity index (χ0) is 15.7. The molecule has 7 heteroatoms. The highest BCUT2D eigenvalue weighted by atomic mass is 35.5. The van der Waals surface area contributed by atoms with Crippen LogP contribution in [0.5, 0.6) is 0 Å². The van der Waals surface area contributed by atoms with Crippen molar-refractivity contribution in [3.8, 4) is 22.5 Å². The molecule has 1 aromatic carbocycles. The van der Waals surface area contributed by atoms with Gasteiger partial charge in [-0.15, -0.1) is 0 Å². The monoisotopic (exact) mass is 314 g/mol. The Labute approximate surface area is 131 Å². The Kier molecular flexibility index (Phi) is 3.60. The average Bonchev–Trinajstić information content (AvgIpc) is 2.94. The first-order valence-corrected chi connectivity index (χ1v) is 6.77. The Morgan fingerprint density at radius 1 is 1.18 bits per heavy atom. The van der Waals surface area contributed by atoms with Crippen LogP contribution >= 0.6 is 11.6 Å². The molecule has 0 bridgehead atoms. The molecule has 0 fully saturated rings. The van der Waals surface area contributed by atoms with Gasteiger partial charge in [-0.05, 0) is 17.7 Å². The lowest BCUT2D eigenvalue weighted by atomic mass is 10.1. The van der Waals surface area contributed by atoms with Gasteiger partial charge in [0.25, 0.3) is 0 Å². The number of carbonyl (C=O) groups is 1. The minimum Gasteiger partial charge on any atom is -0.476 e. The average molecular weight is 315 g/mol. The molecule has 0 unspecified atom stereocenters. The highest BCUT2D eigenvalue weighted by Gasteiger charge is 2.17. The Balaban J connectivity index is 2.12. The SMILES string of the molecule is Cn1cc(-c2ncc(-c3ccc(Cl)cc3)c(C(=O)O)n2)cn1. The molecule has 2 aromatic heterocycles. The summed E-state index contributed by atoms with van der Waals surface area (Å²) in [5, 5.41) is 14.0. The van der Waals surface area contributed by atoms with Crippen LogP contribution in [0.25, 0.3) is 22.5 Å². The first kappa shape index (κ1) is 14.2. The third kappa shape index (κ3) is 2.68. The van der Waals surface area contributed by atoms with Crippen LogP contribution in [0.3, 0.4) is 0 Å². The molecule has 6 nitrogen and oxygen atoms in total. The van der Waals surface area contributed by atoms with Gasteiger partial charge < -0.3 is 5.11 Å². The summed E-state index contributed by atoms with van der Waals surface area (Å²) in [7, 11) is 1.77. The number of hydrogen-bond donors (Lipinski definition) is 1. The highest BCUT2D eigenvalue weighted by molar-refractivity contribution is 6.30. The number of nitrogens with zero attached hydrogens (tertiary/aromatic N) is 4. The number of hydrogen-bond acceptors (Lipinski definition) is 4. The number of benzene rings is 1. The van der Waals surface area contributed by atoms with E-state index in [1.165, 1.54) is 6.20 Å². The van der Waals surface area contributed by atoms with Crippen molar-refractivity contribution in [1.29, 1.82) is 0 Å². The van der Waals surface area contributed by atoms with Gasteiger partial charge in [0.05, 0.1) is 11.8 Å². The second-order valence-corrected chi connectivity index (χ2v) is 5.11. The molecule has 0 radical (unpaired) electrons. The minimum absolute atomic E-state index is 0.0591. The van der Waals surface area contributed by atoms with Crippen molar-refractivity contribution in [2.24, 2.45) is 7.05 Å². The molecule has 0 atom stereocenters. The normalized spacial score (nSPS) is 10.6. The quantitative estimate of drug-likeness (QED) is 0.804. The van der Waals surface area contributed by atoms with Gasteiger partial charge in [0, 0.05) is 30.0 Å². The van der Waals surface area contributed by atoms with Crippen LogP contribution in [0.4, 0.5) is 0 Å². The van der Waals surface area contributed by atoms with Gasteiger partial charge in [0.15, 0.2) is 11.5 Å². The first-order chi connectivity index (χ1) is 10.5. The summed E-state index contributed by atoms with van der Waals surface area (Å²) < 4.78 is 1.60. The van der Waals surface area contributed by atoms with Crippen molar-refractivity contribution >= 4 is 17.6 Å². The fraction of sp³-hybridized carbons (Fsp3) is 0.0667. The summed E-state index contributed by atoms with van der Waals surface area (Å²) >= 11 is 5.85. The molecular formula is C15H11ClN4O2. The van der Waals surface area contributed by atoms with Gasteiger partial charge in [0.2, 0.25) is 0 Å². The van der Waals surface area contributed by atoms with E-state index in [0.717, 1.165) is 0 Å². The van der Waals surface area contributed by atoms with E-state index in [4.69, 9.17) is 11.6 Å². The van der Waals surface area contributed by atoms with Crippen LogP contribution in [0, 0.1) is 0 Å². The van der Waals surface area contributed by atoms with E-state index in [9.17, 15) is 9.90 Å². The van der Waals surface area contributed by atoms with Crippen LogP contribution in [-0.2, 0) is 7.05 Å². The zero-order valence-electron chi connectivity index (χ0n) is 11.6. The van der Waals surface area contributed by atoms with Gasteiger partial charge >= 0.3 is 5.97 Å². The second-order valence-electron chi connectivity index (χ2n) is 4.67. The second kappa shape index (κ2) is 5.57. The maximum Gasteiger partial charge on any atom is 0.355 e. The third-order valence-corrected chi connectivity index (χ3v) is 3.36. The molecule has 0 saturated carbocycles. The van der Waals surface area contributed by atoms with E-state index in [1.807, 2.05) is 0 Å². The van der Waals surface area contributed by atoms with Gasteiger partial charge in [-0.25, -0.2) is 14.8 Å². The molecule has 0 aliphatic carbocycles. The molecule has 0 amide bonds. The van der Waals surface area contributed by atoms with Crippen LogP contribution < -0.4 is 0 Å². The van der Waals surface area contributed by atoms with Crippen LogP contribution in [-0.4, -0.2) is 30.8 Å². The number of halogens is 1. The molecule has 110 valence electrons. The summed E-state index contributed by atoms with van der Waals surface area (Å²) in [6.07, 6.45) is 4.81. The van der Waals surface area contributed by atoms with Crippen molar-refractivity contribution in [1.82, 2.24) is 19.7 Å². The van der Waals surface area contributed by atoms with Gasteiger partial charge in [-0.1, -0.05) is 23.7 Å². The van der Waals surface area contributed by atoms with E-state index < -0.39 is 5.97 Å². The van der Waals surface area contributed by atoms with Gasteiger partial charge in [-0.2, -0.15) is 5.10 Å². The summed E-state index contributed by atoms with van der Waals surface area (Å²) in [5.74, 6) is -0.791. The fourth-order valence-corrected chi connectivity index (χ4v) is 2.19. The topological polar surface area (TPSA) is 80.9 Å². The number of rotatable bonds is 3. The Hall–Kier alpha value is -2.73. The molecule has 0 aliphatic heterocycles. The molecule has 2 heterocycles. The number of aromatic carboxylic acids is 1. The maximum atomic E-state index is 11.5. The lowest BCUT2D eigenvalue weighted by Crippen LogP contribution is -2.05. The van der Waals surface area contributed by atoms with Crippen LogP contribution in [0.1, 0.15) is 10.5 Å². The van der Waals surface area contributed by atoms with E-state index in [0.29, 0.717) is 27.5 Å². The largest absolute Gasteiger partial charge is 0.476 e. The Morgan fingerprint density at radius 3 is 2.50 bits per heavy atom. The van der Waals surface area contributed by atoms with E-state index >= 15 is 0 Å². The third-order valence-electron chi connectivity index (χ3n) is 3.11. The fourth-order valence-electron chi connectivity index (χ4n) is 2.06. The van der Waals surface area contributed by atoms with Crippen LogP contribution in [0.15, 0.2) is 42.9 Å². The van der Waals surface area contributed by atoms with Crippen LogP contribution in [0.2, 0.25) is 5.02 Å².